The number of aromatic amines is 1. The molecule has 1 heterocycles. The van der Waals surface area contributed by atoms with Crippen LogP contribution in [0.3, 0.4) is 0 Å². The Hall–Kier alpha value is -2.10. The summed E-state index contributed by atoms with van der Waals surface area (Å²) in [5.74, 6) is 0. The minimum atomic E-state index is -0.347. The quantitative estimate of drug-likeness (QED) is 0.811. The second-order valence-electron chi connectivity index (χ2n) is 4.25. The average molecular weight is 244 g/mol. The smallest absolute Gasteiger partial charge is 0.301 e. The molecule has 0 fully saturated rings. The standard InChI is InChI=1S/C14H16N2O2/c17-13-9-11-16(14(18)15-13)10-5-4-8-12-6-2-1-3-7-12/h1-3,6-7,9,11H,4-5,8,10H2,(H,15,17,18). The summed E-state index contributed by atoms with van der Waals surface area (Å²) in [5.41, 5.74) is 0.633. The summed E-state index contributed by atoms with van der Waals surface area (Å²) >= 11 is 0. The van der Waals surface area contributed by atoms with Crippen LogP contribution in [-0.4, -0.2) is 9.55 Å². The van der Waals surface area contributed by atoms with Gasteiger partial charge in [-0.05, 0) is 24.8 Å². The lowest BCUT2D eigenvalue weighted by molar-refractivity contribution is 0.580. The summed E-state index contributed by atoms with van der Waals surface area (Å²) in [6.07, 6.45) is 4.50. The lowest BCUT2D eigenvalue weighted by Gasteiger charge is -2.04. The topological polar surface area (TPSA) is 54.9 Å². The number of nitrogens with one attached hydrogen (secondary N) is 1. The summed E-state index contributed by atoms with van der Waals surface area (Å²) in [6.45, 7) is 0.641. The number of unbranched alkanes of at least 4 members (excludes halogenated alkanes) is 1. The van der Waals surface area contributed by atoms with Crippen LogP contribution in [0.5, 0.6) is 0 Å². The maximum atomic E-state index is 11.4. The Bertz CT molecular complexity index is 599. The van der Waals surface area contributed by atoms with Crippen molar-refractivity contribution >= 4 is 0 Å². The summed E-state index contributed by atoms with van der Waals surface area (Å²) in [5, 5.41) is 0. The monoisotopic (exact) mass is 244 g/mol. The fourth-order valence-corrected chi connectivity index (χ4v) is 1.88. The van der Waals surface area contributed by atoms with E-state index in [-0.39, 0.29) is 11.2 Å². The summed E-state index contributed by atoms with van der Waals surface area (Å²) in [4.78, 5) is 24.5. The first-order valence-electron chi connectivity index (χ1n) is 6.09. The molecule has 0 radical (unpaired) electrons. The second-order valence-corrected chi connectivity index (χ2v) is 4.25. The molecule has 1 aromatic heterocycles. The Kier molecular flexibility index (Phi) is 4.12. The van der Waals surface area contributed by atoms with E-state index in [0.29, 0.717) is 6.54 Å². The Labute approximate surface area is 105 Å². The van der Waals surface area contributed by atoms with Gasteiger partial charge in [0.1, 0.15) is 0 Å². The molecule has 2 aromatic rings. The summed E-state index contributed by atoms with van der Waals surface area (Å²) < 4.78 is 1.53. The molecule has 18 heavy (non-hydrogen) atoms. The van der Waals surface area contributed by atoms with Crippen LogP contribution in [0.2, 0.25) is 0 Å². The van der Waals surface area contributed by atoms with E-state index in [0.717, 1.165) is 19.3 Å². The van der Waals surface area contributed by atoms with Gasteiger partial charge in [-0.25, -0.2) is 4.79 Å². The first-order valence-corrected chi connectivity index (χ1v) is 6.09. The number of hydrogen-bond acceptors (Lipinski definition) is 2. The van der Waals surface area contributed by atoms with Gasteiger partial charge in [0.15, 0.2) is 0 Å². The third kappa shape index (κ3) is 3.45. The van der Waals surface area contributed by atoms with Crippen molar-refractivity contribution in [2.75, 3.05) is 0 Å². The van der Waals surface area contributed by atoms with E-state index in [1.807, 2.05) is 18.2 Å². The highest BCUT2D eigenvalue weighted by atomic mass is 16.2. The molecule has 94 valence electrons. The van der Waals surface area contributed by atoms with Crippen molar-refractivity contribution in [3.63, 3.8) is 0 Å². The van der Waals surface area contributed by atoms with E-state index < -0.39 is 0 Å². The fourth-order valence-electron chi connectivity index (χ4n) is 1.88. The van der Waals surface area contributed by atoms with E-state index >= 15 is 0 Å². The third-order valence-corrected chi connectivity index (χ3v) is 2.85. The Balaban J connectivity index is 1.82. The fraction of sp³-hybridized carbons (Fsp3) is 0.286. The SMILES string of the molecule is O=c1ccn(CCCCc2ccccc2)c(=O)[nH]1. The van der Waals surface area contributed by atoms with Crippen molar-refractivity contribution in [1.29, 1.82) is 0 Å². The highest BCUT2D eigenvalue weighted by Gasteiger charge is 1.97. The number of nitrogens with zero attached hydrogens (tertiary/aromatic N) is 1. The van der Waals surface area contributed by atoms with Gasteiger partial charge >= 0.3 is 5.69 Å². The minimum Gasteiger partial charge on any atom is -0.301 e. The van der Waals surface area contributed by atoms with Crippen LogP contribution in [0.1, 0.15) is 18.4 Å². The van der Waals surface area contributed by atoms with Crippen molar-refractivity contribution in [3.8, 4) is 0 Å². The molecule has 0 saturated carbocycles. The van der Waals surface area contributed by atoms with Crippen LogP contribution in [0.15, 0.2) is 52.2 Å². The maximum absolute atomic E-state index is 11.4. The molecule has 2 rings (SSSR count). The van der Waals surface area contributed by atoms with Gasteiger partial charge in [-0.1, -0.05) is 30.3 Å². The van der Waals surface area contributed by atoms with Crippen molar-refractivity contribution < 1.29 is 0 Å². The van der Waals surface area contributed by atoms with E-state index in [9.17, 15) is 9.59 Å². The number of H-pyrrole nitrogens is 1. The second kappa shape index (κ2) is 6.00. The number of rotatable bonds is 5. The Morgan fingerprint density at radius 1 is 1.00 bits per heavy atom. The molecule has 0 atom stereocenters. The van der Waals surface area contributed by atoms with Crippen LogP contribution < -0.4 is 11.2 Å². The highest BCUT2D eigenvalue weighted by Crippen LogP contribution is 2.04. The predicted molar refractivity (Wildman–Crippen MR) is 70.7 cm³/mol. The maximum Gasteiger partial charge on any atom is 0.328 e. The zero-order chi connectivity index (χ0) is 12.8. The van der Waals surface area contributed by atoms with Crippen molar-refractivity contribution in [1.82, 2.24) is 9.55 Å². The average Bonchev–Trinajstić information content (AvgIpc) is 2.38. The molecule has 0 aliphatic rings. The van der Waals surface area contributed by atoms with E-state index in [1.165, 1.54) is 16.2 Å². The molecule has 0 amide bonds. The number of aromatic nitrogens is 2. The number of benzene rings is 1. The molecule has 0 aliphatic carbocycles. The minimum absolute atomic E-state index is 0.331. The van der Waals surface area contributed by atoms with Gasteiger partial charge in [-0.15, -0.1) is 0 Å². The molecule has 1 aromatic carbocycles. The van der Waals surface area contributed by atoms with Crippen LogP contribution in [-0.2, 0) is 13.0 Å². The molecule has 0 bridgehead atoms. The van der Waals surface area contributed by atoms with Crippen LogP contribution in [0, 0.1) is 0 Å². The van der Waals surface area contributed by atoms with Gasteiger partial charge in [0.2, 0.25) is 0 Å². The summed E-state index contributed by atoms with van der Waals surface area (Å²) in [6, 6.07) is 11.6. The predicted octanol–water partition coefficient (Wildman–Crippen LogP) is 1.56. The Morgan fingerprint density at radius 3 is 2.50 bits per heavy atom. The highest BCUT2D eigenvalue weighted by molar-refractivity contribution is 5.14. The third-order valence-electron chi connectivity index (χ3n) is 2.85. The van der Waals surface area contributed by atoms with Crippen LogP contribution >= 0.6 is 0 Å². The van der Waals surface area contributed by atoms with E-state index in [1.54, 1.807) is 6.20 Å². The molecule has 0 saturated heterocycles. The van der Waals surface area contributed by atoms with Crippen LogP contribution in [0.25, 0.3) is 0 Å². The molecule has 0 unspecified atom stereocenters. The van der Waals surface area contributed by atoms with Gasteiger partial charge in [0.25, 0.3) is 5.56 Å². The van der Waals surface area contributed by atoms with Gasteiger partial charge < -0.3 is 4.57 Å². The molecule has 0 spiro atoms. The molecule has 4 heteroatoms. The van der Waals surface area contributed by atoms with E-state index in [2.05, 4.69) is 17.1 Å². The zero-order valence-corrected chi connectivity index (χ0v) is 10.1. The van der Waals surface area contributed by atoms with Crippen molar-refractivity contribution in [3.05, 3.63) is 69.0 Å². The molecule has 4 nitrogen and oxygen atoms in total. The molecular weight excluding hydrogens is 228 g/mol. The molecular formula is C14H16N2O2. The Morgan fingerprint density at radius 2 is 1.78 bits per heavy atom. The molecule has 0 aliphatic heterocycles. The lowest BCUT2D eigenvalue weighted by atomic mass is 10.1. The normalized spacial score (nSPS) is 10.4. The zero-order valence-electron chi connectivity index (χ0n) is 10.1. The first kappa shape index (κ1) is 12.4. The molecule has 1 N–H and O–H groups in total. The van der Waals surface area contributed by atoms with E-state index in [4.69, 9.17) is 0 Å². The van der Waals surface area contributed by atoms with Gasteiger partial charge in [-0.2, -0.15) is 0 Å². The largest absolute Gasteiger partial charge is 0.328 e. The lowest BCUT2D eigenvalue weighted by Crippen LogP contribution is -2.28. The van der Waals surface area contributed by atoms with Gasteiger partial charge in [0.05, 0.1) is 0 Å². The van der Waals surface area contributed by atoms with Gasteiger partial charge in [0, 0.05) is 18.8 Å². The number of hydrogen-bond donors (Lipinski definition) is 1. The number of aryl methyl sites for hydroxylation is 2. The van der Waals surface area contributed by atoms with Gasteiger partial charge in [-0.3, -0.25) is 9.78 Å². The summed E-state index contributed by atoms with van der Waals surface area (Å²) in [7, 11) is 0. The van der Waals surface area contributed by atoms with Crippen molar-refractivity contribution in [2.24, 2.45) is 0 Å². The van der Waals surface area contributed by atoms with Crippen LogP contribution in [0.4, 0.5) is 0 Å². The first-order chi connectivity index (χ1) is 8.75. The van der Waals surface area contributed by atoms with Crippen molar-refractivity contribution in [2.45, 2.75) is 25.8 Å².